The molecule has 0 aliphatic heterocycles. The number of nitrogens with zero attached hydrogens (tertiary/aromatic N) is 1. The van der Waals surface area contributed by atoms with Crippen LogP contribution >= 0.6 is 0 Å². The number of amides is 1. The first-order chi connectivity index (χ1) is 16.9. The van der Waals surface area contributed by atoms with Crippen LogP contribution < -0.4 is 10.5 Å². The average molecular weight is 519 g/mol. The minimum Gasteiger partial charge on any atom is -0.473 e. The molecule has 0 atom stereocenters. The van der Waals surface area contributed by atoms with E-state index in [1.807, 2.05) is 0 Å². The number of hydrogen-bond acceptors (Lipinski definition) is 6. The molecule has 0 unspecified atom stereocenters. The summed E-state index contributed by atoms with van der Waals surface area (Å²) in [5.41, 5.74) is 4.33. The van der Waals surface area contributed by atoms with Crippen LogP contribution in [0.2, 0.25) is 0 Å². The quantitative estimate of drug-likeness (QED) is 0.260. The van der Waals surface area contributed by atoms with Gasteiger partial charge in [0.2, 0.25) is 15.9 Å². The molecule has 0 spiro atoms. The summed E-state index contributed by atoms with van der Waals surface area (Å²) >= 11 is 0. The summed E-state index contributed by atoms with van der Waals surface area (Å²) in [4.78, 5) is 35.9. The van der Waals surface area contributed by atoms with Crippen molar-refractivity contribution in [3.63, 3.8) is 0 Å². The fourth-order valence-electron chi connectivity index (χ4n) is 3.32. The first kappa shape index (κ1) is 28.5. The lowest BCUT2D eigenvalue weighted by molar-refractivity contribution is -0.159. The first-order valence-corrected chi connectivity index (χ1v) is 12.5. The summed E-state index contributed by atoms with van der Waals surface area (Å²) in [5.74, 6) is -3.75. The Balaban J connectivity index is 0.000000678. The summed E-state index contributed by atoms with van der Waals surface area (Å²) in [5, 5.41) is 24.0. The van der Waals surface area contributed by atoms with Crippen molar-refractivity contribution < 1.29 is 33.0 Å². The fourth-order valence-corrected chi connectivity index (χ4v) is 3.84. The second kappa shape index (κ2) is 12.8. The Morgan fingerprint density at radius 2 is 1.58 bits per heavy atom. The molecule has 0 radical (unpaired) electrons. The largest absolute Gasteiger partial charge is 0.473 e. The van der Waals surface area contributed by atoms with Crippen LogP contribution in [0.5, 0.6) is 0 Å². The third-order valence-electron chi connectivity index (χ3n) is 5.20. The summed E-state index contributed by atoms with van der Waals surface area (Å²) in [6.45, 7) is 1.53. The predicted octanol–water partition coefficient (Wildman–Crippen LogP) is 0.976. The van der Waals surface area contributed by atoms with Gasteiger partial charge in [-0.1, -0.05) is 18.2 Å². The number of sulfonamides is 1. The molecule has 6 N–H and O–H groups in total. The number of nitrogens with two attached hydrogens (primary N) is 1. The number of carboxylic acid groups (broad SMARTS) is 2. The number of benzene rings is 2. The Bertz CT molecular complexity index is 1300. The maximum absolute atomic E-state index is 12.2. The van der Waals surface area contributed by atoms with Crippen molar-refractivity contribution in [3.05, 3.63) is 65.4 Å². The molecule has 0 saturated heterocycles. The number of carboxylic acids is 2. The third-order valence-corrected chi connectivity index (χ3v) is 6.12. The zero-order chi connectivity index (χ0) is 26.9. The molecule has 1 aromatic heterocycles. The van der Waals surface area contributed by atoms with Crippen molar-refractivity contribution in [1.29, 1.82) is 0 Å². The molecule has 0 bridgehead atoms. The van der Waals surface area contributed by atoms with Gasteiger partial charge in [0.05, 0.1) is 11.3 Å². The molecular formula is C24H30N4O7S. The molecule has 0 aliphatic rings. The number of aromatic amines is 1. The topological polar surface area (TPSA) is 183 Å². The molecule has 36 heavy (non-hydrogen) atoms. The molecular weight excluding hydrogens is 488 g/mol. The Labute approximate surface area is 209 Å². The van der Waals surface area contributed by atoms with Crippen LogP contribution in [0.4, 0.5) is 0 Å². The number of rotatable bonds is 9. The van der Waals surface area contributed by atoms with E-state index < -0.39 is 22.0 Å². The highest BCUT2D eigenvalue weighted by atomic mass is 32.2. The lowest BCUT2D eigenvalue weighted by atomic mass is 10.1. The second-order valence-corrected chi connectivity index (χ2v) is 9.88. The molecule has 0 aliphatic carbocycles. The van der Waals surface area contributed by atoms with Gasteiger partial charge in [0.15, 0.2) is 0 Å². The van der Waals surface area contributed by atoms with Crippen LogP contribution in [0.1, 0.15) is 16.7 Å². The van der Waals surface area contributed by atoms with Gasteiger partial charge in [0.1, 0.15) is 0 Å². The van der Waals surface area contributed by atoms with E-state index in [1.54, 1.807) is 12.1 Å². The number of primary sulfonamides is 1. The van der Waals surface area contributed by atoms with Crippen LogP contribution in [0.3, 0.4) is 0 Å². The summed E-state index contributed by atoms with van der Waals surface area (Å²) in [6, 6.07) is 12.4. The van der Waals surface area contributed by atoms with Gasteiger partial charge in [0.25, 0.3) is 0 Å². The van der Waals surface area contributed by atoms with Gasteiger partial charge in [0, 0.05) is 30.2 Å². The number of fused-ring (bicyclic) bond motifs is 1. The van der Waals surface area contributed by atoms with Crippen molar-refractivity contribution in [2.24, 2.45) is 5.14 Å². The molecule has 12 heteroatoms. The first-order valence-electron chi connectivity index (χ1n) is 10.9. The number of nitrogens with one attached hydrogen (secondary N) is 2. The molecule has 1 heterocycles. The minimum atomic E-state index is -3.72. The number of carbonyl (C=O) groups is 3. The zero-order valence-corrected chi connectivity index (χ0v) is 20.8. The highest BCUT2D eigenvalue weighted by Crippen LogP contribution is 2.21. The van der Waals surface area contributed by atoms with Gasteiger partial charge in [-0.3, -0.25) is 4.79 Å². The molecule has 0 fully saturated rings. The molecule has 1 amide bonds. The highest BCUT2D eigenvalue weighted by Gasteiger charge is 2.09. The highest BCUT2D eigenvalue weighted by molar-refractivity contribution is 7.89. The van der Waals surface area contributed by atoms with Gasteiger partial charge in [-0.05, 0) is 67.9 Å². The number of carbonyl (C=O) groups excluding carboxylic acids is 1. The van der Waals surface area contributed by atoms with Gasteiger partial charge in [-0.15, -0.1) is 0 Å². The molecule has 3 rings (SSSR count). The van der Waals surface area contributed by atoms with Crippen LogP contribution in [0.25, 0.3) is 10.9 Å². The third kappa shape index (κ3) is 9.13. The Morgan fingerprint density at radius 3 is 2.14 bits per heavy atom. The van der Waals surface area contributed by atoms with Crippen molar-refractivity contribution in [3.8, 4) is 0 Å². The van der Waals surface area contributed by atoms with E-state index in [0.717, 1.165) is 30.5 Å². The SMILES string of the molecule is CN(C)CCc1c[nH]c2ccc(CCNC(=O)Cc3ccc(S(N)(=O)=O)cc3)cc12.O=C(O)C(=O)O. The van der Waals surface area contributed by atoms with Gasteiger partial charge in [-0.25, -0.2) is 23.1 Å². The molecule has 2 aromatic carbocycles. The summed E-state index contributed by atoms with van der Waals surface area (Å²) in [7, 11) is 0.413. The number of aromatic nitrogens is 1. The van der Waals surface area contributed by atoms with Crippen LogP contribution in [0, 0.1) is 0 Å². The standard InChI is InChI=1S/C22H28N4O3S.C2H2O4/c1-26(2)12-10-18-15-25-21-8-5-17(13-20(18)21)9-11-24-22(27)14-16-3-6-19(7-4-16)30(23,28)29;3-1(4)2(5)6/h3-8,13,15,25H,9-12,14H2,1-2H3,(H,24,27)(H2,23,28,29);(H,3,4)(H,5,6). The number of H-pyrrole nitrogens is 1. The molecule has 194 valence electrons. The van der Waals surface area contributed by atoms with Crippen molar-refractivity contribution in [1.82, 2.24) is 15.2 Å². The molecule has 3 aromatic rings. The van der Waals surface area contributed by atoms with Crippen molar-refractivity contribution in [2.75, 3.05) is 27.2 Å². The lowest BCUT2D eigenvalue weighted by Crippen LogP contribution is -2.27. The smallest absolute Gasteiger partial charge is 0.414 e. The number of aliphatic carboxylic acids is 2. The zero-order valence-electron chi connectivity index (χ0n) is 20.0. The number of hydrogen-bond donors (Lipinski definition) is 5. The second-order valence-electron chi connectivity index (χ2n) is 8.32. The van der Waals surface area contributed by atoms with Gasteiger partial charge in [-0.2, -0.15) is 0 Å². The van der Waals surface area contributed by atoms with E-state index in [4.69, 9.17) is 24.9 Å². The van der Waals surface area contributed by atoms with E-state index in [1.165, 1.54) is 28.6 Å². The van der Waals surface area contributed by atoms with E-state index in [-0.39, 0.29) is 17.2 Å². The lowest BCUT2D eigenvalue weighted by Gasteiger charge is -2.09. The monoisotopic (exact) mass is 518 g/mol. The molecule has 11 nitrogen and oxygen atoms in total. The average Bonchev–Trinajstić information content (AvgIpc) is 3.20. The Hall–Kier alpha value is -3.74. The minimum absolute atomic E-state index is 0.0387. The maximum Gasteiger partial charge on any atom is 0.414 e. The summed E-state index contributed by atoms with van der Waals surface area (Å²) < 4.78 is 22.6. The molecule has 0 saturated carbocycles. The predicted molar refractivity (Wildman–Crippen MR) is 134 cm³/mol. The van der Waals surface area contributed by atoms with E-state index in [9.17, 15) is 13.2 Å². The van der Waals surface area contributed by atoms with Crippen molar-refractivity contribution >= 4 is 38.8 Å². The van der Waals surface area contributed by atoms with Crippen molar-refractivity contribution in [2.45, 2.75) is 24.2 Å². The van der Waals surface area contributed by atoms with E-state index in [2.05, 4.69) is 53.7 Å². The Morgan fingerprint density at radius 1 is 0.972 bits per heavy atom. The van der Waals surface area contributed by atoms with Gasteiger partial charge < -0.3 is 25.4 Å². The van der Waals surface area contributed by atoms with E-state index >= 15 is 0 Å². The van der Waals surface area contributed by atoms with Crippen LogP contribution in [-0.2, 0) is 43.7 Å². The van der Waals surface area contributed by atoms with Crippen LogP contribution in [0.15, 0.2) is 53.6 Å². The van der Waals surface area contributed by atoms with Crippen LogP contribution in [-0.4, -0.2) is 73.5 Å². The normalized spacial score (nSPS) is 11.1. The number of likely N-dealkylation sites (N-methyl/N-ethyl adjacent to an activating group) is 1. The van der Waals surface area contributed by atoms with Gasteiger partial charge >= 0.3 is 11.9 Å². The summed E-state index contributed by atoms with van der Waals surface area (Å²) in [6.07, 6.45) is 3.99. The Kier molecular flexibility index (Phi) is 10.1. The maximum atomic E-state index is 12.2. The fraction of sp³-hybridized carbons (Fsp3) is 0.292. The van der Waals surface area contributed by atoms with E-state index in [0.29, 0.717) is 6.54 Å².